The third kappa shape index (κ3) is 5.53. The van der Waals surface area contributed by atoms with Crippen LogP contribution in [0.4, 0.5) is 10.5 Å². The lowest BCUT2D eigenvalue weighted by molar-refractivity contribution is 0.0691. The van der Waals surface area contributed by atoms with Crippen molar-refractivity contribution in [1.82, 2.24) is 20.0 Å². The average molecular weight is 539 g/mol. The number of pyridine rings is 1. The highest BCUT2D eigenvalue weighted by Gasteiger charge is 2.25. The van der Waals surface area contributed by atoms with Crippen LogP contribution >= 0.6 is 34.8 Å². The Kier molecular flexibility index (Phi) is 8.26. The molecule has 0 aliphatic carbocycles. The molecule has 2 aromatic heterocycles. The monoisotopic (exact) mass is 537 g/mol. The average Bonchev–Trinajstić information content (AvgIpc) is 3.16. The van der Waals surface area contributed by atoms with Crippen LogP contribution in [-0.4, -0.2) is 46.6 Å². The lowest BCUT2D eigenvalue weighted by Crippen LogP contribution is -2.43. The molecule has 0 spiro atoms. The fraction of sp³-hybridized carbons (Fsp3) is 0.217. The second-order valence-electron chi connectivity index (χ2n) is 7.39. The van der Waals surface area contributed by atoms with E-state index in [4.69, 9.17) is 34.8 Å². The van der Waals surface area contributed by atoms with Gasteiger partial charge in [0.1, 0.15) is 5.69 Å². The van der Waals surface area contributed by atoms with Gasteiger partial charge in [0.2, 0.25) is 0 Å². The van der Waals surface area contributed by atoms with E-state index in [-0.39, 0.29) is 22.0 Å². The predicted molar refractivity (Wildman–Crippen MR) is 135 cm³/mol. The molecule has 0 unspecified atom stereocenters. The number of hydrogen-bond acceptors (Lipinski definition) is 5. The van der Waals surface area contributed by atoms with E-state index in [1.54, 1.807) is 35.9 Å². The SMILES string of the molecule is CCc1c(Cl)cc(C(=O)Nc2c(C)cc(Cl)cc2C(=O)N(C)NC(=O)OC)n1-c1ncccc1Cl. The molecule has 0 bridgehead atoms. The molecular formula is C23H22Cl3N5O4. The zero-order valence-corrected chi connectivity index (χ0v) is 21.5. The minimum Gasteiger partial charge on any atom is -0.452 e. The van der Waals surface area contributed by atoms with E-state index in [1.807, 2.05) is 6.92 Å². The van der Waals surface area contributed by atoms with Gasteiger partial charge in [-0.2, -0.15) is 0 Å². The summed E-state index contributed by atoms with van der Waals surface area (Å²) in [5.74, 6) is -0.850. The van der Waals surface area contributed by atoms with Gasteiger partial charge in [0.15, 0.2) is 5.82 Å². The molecule has 12 heteroatoms. The summed E-state index contributed by atoms with van der Waals surface area (Å²) in [7, 11) is 2.50. The van der Waals surface area contributed by atoms with Crippen molar-refractivity contribution in [2.24, 2.45) is 0 Å². The summed E-state index contributed by atoms with van der Waals surface area (Å²) < 4.78 is 6.11. The first-order chi connectivity index (χ1) is 16.6. The minimum absolute atomic E-state index is 0.0537. The summed E-state index contributed by atoms with van der Waals surface area (Å²) in [5.41, 5.74) is 3.85. The largest absolute Gasteiger partial charge is 0.452 e. The fourth-order valence-corrected chi connectivity index (χ4v) is 4.27. The van der Waals surface area contributed by atoms with Crippen molar-refractivity contribution in [2.45, 2.75) is 20.3 Å². The van der Waals surface area contributed by atoms with Gasteiger partial charge in [-0.1, -0.05) is 41.7 Å². The number of aryl methyl sites for hydroxylation is 1. The molecule has 1 aromatic carbocycles. The van der Waals surface area contributed by atoms with Crippen molar-refractivity contribution in [3.05, 3.63) is 74.1 Å². The number of halogens is 3. The Hall–Kier alpha value is -3.27. The topological polar surface area (TPSA) is 106 Å². The lowest BCUT2D eigenvalue weighted by atomic mass is 10.1. The summed E-state index contributed by atoms with van der Waals surface area (Å²) in [6.45, 7) is 3.58. The highest BCUT2D eigenvalue weighted by atomic mass is 35.5. The van der Waals surface area contributed by atoms with Gasteiger partial charge in [-0.05, 0) is 49.2 Å². The van der Waals surface area contributed by atoms with Crippen molar-refractivity contribution < 1.29 is 19.1 Å². The smallest absolute Gasteiger partial charge is 0.425 e. The number of anilines is 1. The molecule has 0 fully saturated rings. The van der Waals surface area contributed by atoms with Crippen molar-refractivity contribution in [1.29, 1.82) is 0 Å². The zero-order chi connectivity index (χ0) is 25.9. The van der Waals surface area contributed by atoms with E-state index in [0.29, 0.717) is 33.5 Å². The predicted octanol–water partition coefficient (Wildman–Crippen LogP) is 5.30. The molecule has 35 heavy (non-hydrogen) atoms. The molecule has 0 aliphatic rings. The van der Waals surface area contributed by atoms with Gasteiger partial charge in [0.25, 0.3) is 11.8 Å². The Labute approximate surface area is 216 Å². The summed E-state index contributed by atoms with van der Waals surface area (Å²) in [4.78, 5) is 42.4. The van der Waals surface area contributed by atoms with Gasteiger partial charge in [0.05, 0.1) is 28.4 Å². The fourth-order valence-electron chi connectivity index (χ4n) is 3.47. The summed E-state index contributed by atoms with van der Waals surface area (Å²) in [6, 6.07) is 7.83. The number of benzene rings is 1. The van der Waals surface area contributed by atoms with Crippen LogP contribution < -0.4 is 10.7 Å². The van der Waals surface area contributed by atoms with Crippen molar-refractivity contribution in [3.8, 4) is 5.82 Å². The maximum absolute atomic E-state index is 13.5. The number of amides is 3. The van der Waals surface area contributed by atoms with E-state index >= 15 is 0 Å². The number of hydrogen-bond donors (Lipinski definition) is 2. The Morgan fingerprint density at radius 2 is 1.86 bits per heavy atom. The van der Waals surface area contributed by atoms with E-state index in [0.717, 1.165) is 5.01 Å². The first-order valence-corrected chi connectivity index (χ1v) is 11.5. The van der Waals surface area contributed by atoms with Crippen LogP contribution in [-0.2, 0) is 11.2 Å². The summed E-state index contributed by atoms with van der Waals surface area (Å²) in [5, 5.41) is 4.68. The van der Waals surface area contributed by atoms with Crippen LogP contribution in [0.3, 0.4) is 0 Å². The van der Waals surface area contributed by atoms with E-state index in [1.165, 1.54) is 26.3 Å². The summed E-state index contributed by atoms with van der Waals surface area (Å²) >= 11 is 19.0. The van der Waals surface area contributed by atoms with Gasteiger partial charge in [-0.3, -0.25) is 19.2 Å². The van der Waals surface area contributed by atoms with Gasteiger partial charge in [-0.15, -0.1) is 0 Å². The number of carbonyl (C=O) groups is 3. The van der Waals surface area contributed by atoms with Gasteiger partial charge < -0.3 is 10.1 Å². The Bertz CT molecular complexity index is 1310. The third-order valence-corrected chi connectivity index (χ3v) is 5.93. The molecule has 184 valence electrons. The van der Waals surface area contributed by atoms with Crippen LogP contribution in [0, 0.1) is 6.92 Å². The molecule has 2 N–H and O–H groups in total. The molecule has 3 aromatic rings. The van der Waals surface area contributed by atoms with E-state index in [9.17, 15) is 14.4 Å². The van der Waals surface area contributed by atoms with Crippen LogP contribution in [0.25, 0.3) is 5.82 Å². The standard InChI is InChI=1S/C23H22Cl3N5O4/c1-5-17-16(26)11-18(31(17)20-15(25)7-6-8-27-20)21(32)28-19-12(2)9-13(24)10-14(19)22(33)30(3)29-23(34)35-4/h6-11H,5H2,1-4H3,(H,28,32)(H,29,34). The zero-order valence-electron chi connectivity index (χ0n) is 19.3. The number of nitrogens with zero attached hydrogens (tertiary/aromatic N) is 3. The molecule has 3 amide bonds. The number of aromatic nitrogens is 2. The molecule has 2 heterocycles. The lowest BCUT2D eigenvalue weighted by Gasteiger charge is -2.21. The van der Waals surface area contributed by atoms with Crippen molar-refractivity contribution in [3.63, 3.8) is 0 Å². The van der Waals surface area contributed by atoms with Gasteiger partial charge in [-0.25, -0.2) is 15.2 Å². The molecule has 0 saturated heterocycles. The van der Waals surface area contributed by atoms with Crippen LogP contribution in [0.5, 0.6) is 0 Å². The Balaban J connectivity index is 2.07. The van der Waals surface area contributed by atoms with Crippen LogP contribution in [0.1, 0.15) is 39.0 Å². The number of rotatable bonds is 5. The highest BCUT2D eigenvalue weighted by Crippen LogP contribution is 2.31. The third-order valence-electron chi connectivity index (χ3n) is 5.09. The molecular weight excluding hydrogens is 517 g/mol. The number of hydrazine groups is 1. The quantitative estimate of drug-likeness (QED) is 0.429. The van der Waals surface area contributed by atoms with Crippen molar-refractivity contribution in [2.75, 3.05) is 19.5 Å². The maximum Gasteiger partial charge on any atom is 0.425 e. The Morgan fingerprint density at radius 1 is 1.14 bits per heavy atom. The minimum atomic E-state index is -0.836. The second kappa shape index (κ2) is 11.0. The normalized spacial score (nSPS) is 10.6. The number of carbonyl (C=O) groups excluding carboxylic acids is 3. The van der Waals surface area contributed by atoms with E-state index < -0.39 is 17.9 Å². The van der Waals surface area contributed by atoms with E-state index in [2.05, 4.69) is 20.5 Å². The second-order valence-corrected chi connectivity index (χ2v) is 8.64. The molecule has 0 atom stereocenters. The van der Waals surface area contributed by atoms with Crippen molar-refractivity contribution >= 4 is 58.4 Å². The Morgan fingerprint density at radius 3 is 2.49 bits per heavy atom. The maximum atomic E-state index is 13.5. The molecule has 0 aliphatic heterocycles. The first-order valence-electron chi connectivity index (χ1n) is 10.3. The molecule has 0 saturated carbocycles. The van der Waals surface area contributed by atoms with Gasteiger partial charge in [0, 0.05) is 24.0 Å². The highest BCUT2D eigenvalue weighted by molar-refractivity contribution is 6.33. The first kappa shape index (κ1) is 26.3. The van der Waals surface area contributed by atoms with Crippen LogP contribution in [0.2, 0.25) is 15.1 Å². The number of nitrogens with one attached hydrogen (secondary N) is 2. The van der Waals surface area contributed by atoms with Gasteiger partial charge >= 0.3 is 6.09 Å². The molecule has 0 radical (unpaired) electrons. The van der Waals surface area contributed by atoms with Crippen LogP contribution in [0.15, 0.2) is 36.5 Å². The molecule has 9 nitrogen and oxygen atoms in total. The summed E-state index contributed by atoms with van der Waals surface area (Å²) in [6.07, 6.45) is 1.23. The molecule has 3 rings (SSSR count). The number of ether oxygens (including phenoxy) is 1. The number of methoxy groups -OCH3 is 1.